The molecule has 2 N–H and O–H groups in total. The molecule has 5 nitrogen and oxygen atoms in total. The first kappa shape index (κ1) is 21.5. The molecule has 0 aromatic heterocycles. The molecule has 0 amide bonds. The number of aromatic carboxylic acids is 1. The van der Waals surface area contributed by atoms with Gasteiger partial charge in [-0.15, -0.1) is 0 Å². The number of carboxylic acids is 1. The highest BCUT2D eigenvalue weighted by molar-refractivity contribution is 5.87. The number of halogens is 1. The van der Waals surface area contributed by atoms with E-state index in [0.717, 1.165) is 30.8 Å². The minimum absolute atomic E-state index is 0.280. The van der Waals surface area contributed by atoms with E-state index in [1.54, 1.807) is 24.3 Å². The summed E-state index contributed by atoms with van der Waals surface area (Å²) in [5, 5.41) is 12.8. The molecule has 170 valence electrons. The van der Waals surface area contributed by atoms with Gasteiger partial charge in [-0.25, -0.2) is 9.18 Å². The second-order valence-corrected chi connectivity index (χ2v) is 8.95. The molecule has 3 atom stereocenters. The summed E-state index contributed by atoms with van der Waals surface area (Å²) in [6.07, 6.45) is 4.61. The van der Waals surface area contributed by atoms with E-state index in [9.17, 15) is 9.18 Å². The van der Waals surface area contributed by atoms with Gasteiger partial charge < -0.3 is 15.2 Å². The van der Waals surface area contributed by atoms with E-state index in [1.807, 2.05) is 36.4 Å². The Balaban J connectivity index is 1.16. The molecule has 1 unspecified atom stereocenters. The van der Waals surface area contributed by atoms with Gasteiger partial charge in [0, 0.05) is 30.4 Å². The maximum atomic E-state index is 13.0. The Morgan fingerprint density at radius 3 is 2.06 bits per heavy atom. The second kappa shape index (κ2) is 9.24. The molecule has 6 heteroatoms. The van der Waals surface area contributed by atoms with Crippen LogP contribution in [-0.2, 0) is 6.54 Å². The van der Waals surface area contributed by atoms with Crippen molar-refractivity contribution in [1.82, 2.24) is 4.90 Å². The van der Waals surface area contributed by atoms with E-state index in [-0.39, 0.29) is 5.82 Å². The van der Waals surface area contributed by atoms with Crippen LogP contribution < -0.4 is 10.1 Å². The Hall–Kier alpha value is -3.38. The van der Waals surface area contributed by atoms with Crippen molar-refractivity contribution in [3.05, 3.63) is 89.7 Å². The van der Waals surface area contributed by atoms with Crippen molar-refractivity contribution in [1.29, 1.82) is 0 Å². The van der Waals surface area contributed by atoms with E-state index in [4.69, 9.17) is 9.84 Å². The zero-order chi connectivity index (χ0) is 22.8. The maximum absolute atomic E-state index is 13.0. The third-order valence-corrected chi connectivity index (χ3v) is 6.72. The largest absolute Gasteiger partial charge is 0.478 e. The van der Waals surface area contributed by atoms with Crippen LogP contribution in [0.1, 0.15) is 41.6 Å². The van der Waals surface area contributed by atoms with Gasteiger partial charge in [-0.2, -0.15) is 0 Å². The third-order valence-electron chi connectivity index (χ3n) is 6.72. The molecular formula is C27H27FN2O3. The van der Waals surface area contributed by atoms with Crippen molar-refractivity contribution in [2.75, 3.05) is 5.32 Å². The summed E-state index contributed by atoms with van der Waals surface area (Å²) in [6.45, 7) is 0.872. The molecule has 2 bridgehead atoms. The summed E-state index contributed by atoms with van der Waals surface area (Å²) in [5.74, 6) is 0.163. The Labute approximate surface area is 192 Å². The molecule has 5 rings (SSSR count). The van der Waals surface area contributed by atoms with Crippen molar-refractivity contribution in [3.8, 4) is 11.5 Å². The van der Waals surface area contributed by atoms with E-state index < -0.39 is 5.97 Å². The van der Waals surface area contributed by atoms with Crippen LogP contribution in [0, 0.1) is 5.82 Å². The normalized spacial score (nSPS) is 22.2. The molecule has 0 aliphatic carbocycles. The lowest BCUT2D eigenvalue weighted by atomic mass is 9.96. The molecule has 2 fully saturated rings. The summed E-state index contributed by atoms with van der Waals surface area (Å²) >= 11 is 0. The van der Waals surface area contributed by atoms with E-state index in [0.29, 0.717) is 29.4 Å². The predicted molar refractivity (Wildman–Crippen MR) is 125 cm³/mol. The summed E-state index contributed by atoms with van der Waals surface area (Å²) < 4.78 is 18.8. The summed E-state index contributed by atoms with van der Waals surface area (Å²) in [6, 6.07) is 22.7. The number of carboxylic acid groups (broad SMARTS) is 1. The van der Waals surface area contributed by atoms with Crippen LogP contribution in [0.15, 0.2) is 72.8 Å². The number of benzene rings is 3. The van der Waals surface area contributed by atoms with Crippen LogP contribution in [-0.4, -0.2) is 34.1 Å². The number of rotatable bonds is 7. The lowest BCUT2D eigenvalue weighted by molar-refractivity contribution is 0.0696. The van der Waals surface area contributed by atoms with Crippen LogP contribution in [0.5, 0.6) is 11.5 Å². The van der Waals surface area contributed by atoms with Crippen molar-refractivity contribution >= 4 is 11.7 Å². The van der Waals surface area contributed by atoms with Gasteiger partial charge >= 0.3 is 5.97 Å². The summed E-state index contributed by atoms with van der Waals surface area (Å²) in [5.41, 5.74) is 2.57. The van der Waals surface area contributed by atoms with Crippen LogP contribution in [0.3, 0.4) is 0 Å². The van der Waals surface area contributed by atoms with Crippen LogP contribution in [0.25, 0.3) is 0 Å². The van der Waals surface area contributed by atoms with Gasteiger partial charge in [0.2, 0.25) is 0 Å². The number of nitrogens with one attached hydrogen (secondary N) is 1. The Bertz CT molecular complexity index is 1090. The molecule has 2 saturated heterocycles. The molecule has 0 spiro atoms. The van der Waals surface area contributed by atoms with E-state index >= 15 is 0 Å². The number of hydrogen-bond acceptors (Lipinski definition) is 4. The fraction of sp³-hybridized carbons (Fsp3) is 0.296. The monoisotopic (exact) mass is 446 g/mol. The summed E-state index contributed by atoms with van der Waals surface area (Å²) in [7, 11) is 0. The lowest BCUT2D eigenvalue weighted by Gasteiger charge is -2.39. The van der Waals surface area contributed by atoms with Crippen LogP contribution in [0.2, 0.25) is 0 Å². The number of nitrogens with zero attached hydrogens (tertiary/aromatic N) is 1. The van der Waals surface area contributed by atoms with Gasteiger partial charge in [0.25, 0.3) is 0 Å². The zero-order valence-corrected chi connectivity index (χ0v) is 18.3. The molecule has 2 aliphatic heterocycles. The quantitative estimate of drug-likeness (QED) is 0.471. The van der Waals surface area contributed by atoms with Gasteiger partial charge in [0.1, 0.15) is 17.3 Å². The van der Waals surface area contributed by atoms with Crippen LogP contribution >= 0.6 is 0 Å². The molecule has 0 saturated carbocycles. The van der Waals surface area contributed by atoms with Gasteiger partial charge in [-0.1, -0.05) is 12.1 Å². The second-order valence-electron chi connectivity index (χ2n) is 8.95. The number of ether oxygens (including phenoxy) is 1. The molecule has 2 heterocycles. The highest BCUT2D eigenvalue weighted by Crippen LogP contribution is 2.38. The van der Waals surface area contributed by atoms with Crippen molar-refractivity contribution in [2.45, 2.75) is 50.4 Å². The summed E-state index contributed by atoms with van der Waals surface area (Å²) in [4.78, 5) is 13.7. The molecule has 0 radical (unpaired) electrons. The lowest BCUT2D eigenvalue weighted by Crippen LogP contribution is -2.46. The fourth-order valence-corrected chi connectivity index (χ4v) is 5.11. The average molecular weight is 447 g/mol. The number of hydrogen-bond donors (Lipinski definition) is 2. The minimum Gasteiger partial charge on any atom is -0.478 e. The third kappa shape index (κ3) is 5.01. The van der Waals surface area contributed by atoms with Gasteiger partial charge in [0.05, 0.1) is 5.56 Å². The first-order chi connectivity index (χ1) is 16.0. The highest BCUT2D eigenvalue weighted by atomic mass is 19.1. The maximum Gasteiger partial charge on any atom is 0.335 e. The fourth-order valence-electron chi connectivity index (χ4n) is 5.11. The first-order valence-corrected chi connectivity index (χ1v) is 11.4. The van der Waals surface area contributed by atoms with E-state index in [1.165, 1.54) is 30.5 Å². The van der Waals surface area contributed by atoms with Gasteiger partial charge in [0.15, 0.2) is 0 Å². The Morgan fingerprint density at radius 1 is 0.909 bits per heavy atom. The Kier molecular flexibility index (Phi) is 6.01. The molecule has 3 aromatic rings. The van der Waals surface area contributed by atoms with Gasteiger partial charge in [-0.3, -0.25) is 4.90 Å². The van der Waals surface area contributed by atoms with Crippen molar-refractivity contribution < 1.29 is 19.0 Å². The predicted octanol–water partition coefficient (Wildman–Crippen LogP) is 5.92. The number of carbonyl (C=O) groups is 1. The van der Waals surface area contributed by atoms with Gasteiger partial charge in [-0.05, 0) is 91.9 Å². The number of anilines is 1. The topological polar surface area (TPSA) is 61.8 Å². The molecule has 2 aliphatic rings. The Morgan fingerprint density at radius 2 is 1.48 bits per heavy atom. The zero-order valence-electron chi connectivity index (χ0n) is 18.3. The average Bonchev–Trinajstić information content (AvgIpc) is 3.04. The number of piperidine rings is 1. The standard InChI is InChI=1S/C27H27FN2O3/c28-20-5-11-25(12-6-20)33-26-13-7-21(8-14-26)29-22-15-23-9-10-24(16-22)30(23)17-18-1-3-19(4-2-18)27(31)32/h1-8,11-14,22-24,29H,9-10,15-17H2,(H,31,32)/t22?,23-,24+. The molecule has 3 aromatic carbocycles. The minimum atomic E-state index is -0.886. The smallest absolute Gasteiger partial charge is 0.335 e. The van der Waals surface area contributed by atoms with E-state index in [2.05, 4.69) is 10.2 Å². The molecular weight excluding hydrogens is 419 g/mol. The van der Waals surface area contributed by atoms with Crippen molar-refractivity contribution in [2.24, 2.45) is 0 Å². The first-order valence-electron chi connectivity index (χ1n) is 11.4. The SMILES string of the molecule is O=C(O)c1ccc(CN2[C@@H]3CC[C@H]2CC(Nc2ccc(Oc4ccc(F)cc4)cc2)C3)cc1. The molecule has 33 heavy (non-hydrogen) atoms. The number of fused-ring (bicyclic) bond motifs is 2. The van der Waals surface area contributed by atoms with Crippen molar-refractivity contribution in [3.63, 3.8) is 0 Å². The highest BCUT2D eigenvalue weighted by Gasteiger charge is 2.40. The van der Waals surface area contributed by atoms with Crippen LogP contribution in [0.4, 0.5) is 10.1 Å².